The van der Waals surface area contributed by atoms with Crippen LogP contribution in [0.2, 0.25) is 0 Å². The van der Waals surface area contributed by atoms with E-state index in [9.17, 15) is 9.59 Å². The Hall–Kier alpha value is -2.76. The van der Waals surface area contributed by atoms with E-state index in [1.165, 1.54) is 24.2 Å². The highest BCUT2D eigenvalue weighted by atomic mass is 16.5. The van der Waals surface area contributed by atoms with Crippen LogP contribution in [0.1, 0.15) is 22.5 Å². The maximum atomic E-state index is 11.6. The summed E-state index contributed by atoms with van der Waals surface area (Å²) in [4.78, 5) is 30.7. The number of ether oxygens (including phenoxy) is 1. The minimum Gasteiger partial charge on any atom is -0.451 e. The van der Waals surface area contributed by atoms with Crippen molar-refractivity contribution in [2.24, 2.45) is 0 Å². The third kappa shape index (κ3) is 5.32. The van der Waals surface area contributed by atoms with E-state index in [0.29, 0.717) is 6.54 Å². The molecule has 0 radical (unpaired) electrons. The van der Waals surface area contributed by atoms with E-state index in [1.807, 2.05) is 30.3 Å². The van der Waals surface area contributed by atoms with Crippen LogP contribution in [0.3, 0.4) is 0 Å². The van der Waals surface area contributed by atoms with Crippen LogP contribution >= 0.6 is 0 Å². The maximum absolute atomic E-state index is 11.6. The van der Waals surface area contributed by atoms with Gasteiger partial charge in [0, 0.05) is 18.9 Å². The molecule has 1 N–H and O–H groups in total. The van der Waals surface area contributed by atoms with Crippen LogP contribution < -0.4 is 5.32 Å². The molecular weight excluding hydrogens is 282 g/mol. The zero-order valence-electron chi connectivity index (χ0n) is 12.1. The van der Waals surface area contributed by atoms with Gasteiger partial charge < -0.3 is 10.1 Å². The van der Waals surface area contributed by atoms with Gasteiger partial charge in [-0.25, -0.2) is 9.78 Å². The molecule has 0 unspecified atom stereocenters. The number of carbonyl (C=O) groups excluding carboxylic acids is 2. The van der Waals surface area contributed by atoms with Crippen LogP contribution in [0.5, 0.6) is 0 Å². The van der Waals surface area contributed by atoms with Gasteiger partial charge in [-0.1, -0.05) is 30.3 Å². The summed E-state index contributed by atoms with van der Waals surface area (Å²) in [7, 11) is 0. The molecule has 1 amide bonds. The second kappa shape index (κ2) is 8.51. The molecule has 0 atom stereocenters. The monoisotopic (exact) mass is 299 g/mol. The SMILES string of the molecule is O=C(COC(=O)c1cnccn1)NCCCc1ccccc1. The molecule has 0 aliphatic heterocycles. The topological polar surface area (TPSA) is 81.2 Å². The molecular formula is C16H17N3O3. The van der Waals surface area contributed by atoms with E-state index in [1.54, 1.807) is 0 Å². The van der Waals surface area contributed by atoms with Gasteiger partial charge in [0.25, 0.3) is 5.91 Å². The molecule has 1 aromatic carbocycles. The molecule has 0 aliphatic carbocycles. The standard InChI is InChI=1S/C16H17N3O3/c20-15(12-22-16(21)14-11-17-9-10-18-14)19-8-4-7-13-5-2-1-3-6-13/h1-3,5-6,9-11H,4,7-8,12H2,(H,19,20). The van der Waals surface area contributed by atoms with Gasteiger partial charge in [-0.2, -0.15) is 0 Å². The molecule has 2 rings (SSSR count). The Morgan fingerprint density at radius 1 is 1.14 bits per heavy atom. The Balaban J connectivity index is 1.61. The minimum absolute atomic E-state index is 0.0828. The summed E-state index contributed by atoms with van der Waals surface area (Å²) in [5.41, 5.74) is 1.31. The van der Waals surface area contributed by atoms with Crippen molar-refractivity contribution in [1.82, 2.24) is 15.3 Å². The first-order valence-electron chi connectivity index (χ1n) is 6.99. The van der Waals surface area contributed by atoms with E-state index < -0.39 is 5.97 Å². The van der Waals surface area contributed by atoms with Crippen LogP contribution in [0.25, 0.3) is 0 Å². The molecule has 0 saturated heterocycles. The van der Waals surface area contributed by atoms with E-state index in [2.05, 4.69) is 15.3 Å². The molecule has 0 aliphatic rings. The van der Waals surface area contributed by atoms with Crippen molar-refractivity contribution in [1.29, 1.82) is 0 Å². The first kappa shape index (κ1) is 15.6. The Kier molecular flexibility index (Phi) is 6.04. The van der Waals surface area contributed by atoms with Gasteiger partial charge in [0.05, 0.1) is 6.20 Å². The highest BCUT2D eigenvalue weighted by Gasteiger charge is 2.10. The van der Waals surface area contributed by atoms with E-state index in [4.69, 9.17) is 4.74 Å². The Bertz CT molecular complexity index is 603. The van der Waals surface area contributed by atoms with Gasteiger partial charge in [0.15, 0.2) is 12.3 Å². The highest BCUT2D eigenvalue weighted by molar-refractivity contribution is 5.89. The van der Waals surface area contributed by atoms with Gasteiger partial charge >= 0.3 is 5.97 Å². The number of hydrogen-bond acceptors (Lipinski definition) is 5. The van der Waals surface area contributed by atoms with Crippen molar-refractivity contribution in [2.45, 2.75) is 12.8 Å². The van der Waals surface area contributed by atoms with Crippen molar-refractivity contribution in [3.05, 3.63) is 60.2 Å². The number of aryl methyl sites for hydroxylation is 1. The predicted octanol–water partition coefficient (Wildman–Crippen LogP) is 1.38. The van der Waals surface area contributed by atoms with Crippen molar-refractivity contribution in [3.63, 3.8) is 0 Å². The van der Waals surface area contributed by atoms with Crippen LogP contribution in [-0.2, 0) is 16.0 Å². The van der Waals surface area contributed by atoms with Gasteiger partial charge in [-0.3, -0.25) is 9.78 Å². The summed E-state index contributed by atoms with van der Waals surface area (Å²) < 4.78 is 4.85. The molecule has 0 fully saturated rings. The number of carbonyl (C=O) groups is 2. The van der Waals surface area contributed by atoms with Crippen LogP contribution in [-0.4, -0.2) is 35.0 Å². The smallest absolute Gasteiger partial charge is 0.359 e. The van der Waals surface area contributed by atoms with Crippen molar-refractivity contribution < 1.29 is 14.3 Å². The number of nitrogens with zero attached hydrogens (tertiary/aromatic N) is 2. The number of hydrogen-bond donors (Lipinski definition) is 1. The highest BCUT2D eigenvalue weighted by Crippen LogP contribution is 2.01. The number of rotatable bonds is 7. The van der Waals surface area contributed by atoms with Gasteiger partial charge in [-0.15, -0.1) is 0 Å². The average Bonchev–Trinajstić information content (AvgIpc) is 2.58. The molecule has 22 heavy (non-hydrogen) atoms. The zero-order chi connectivity index (χ0) is 15.6. The molecule has 0 spiro atoms. The molecule has 6 nitrogen and oxygen atoms in total. The second-order valence-corrected chi connectivity index (χ2v) is 4.61. The molecule has 1 aromatic heterocycles. The van der Waals surface area contributed by atoms with Gasteiger partial charge in [0.1, 0.15) is 0 Å². The lowest BCUT2D eigenvalue weighted by atomic mass is 10.1. The summed E-state index contributed by atoms with van der Waals surface area (Å²) in [6, 6.07) is 10.0. The fourth-order valence-corrected chi connectivity index (χ4v) is 1.83. The van der Waals surface area contributed by atoms with E-state index >= 15 is 0 Å². The quantitative estimate of drug-likeness (QED) is 0.617. The number of benzene rings is 1. The third-order valence-corrected chi connectivity index (χ3v) is 2.91. The summed E-state index contributed by atoms with van der Waals surface area (Å²) in [5.74, 6) is -0.988. The molecule has 114 valence electrons. The largest absolute Gasteiger partial charge is 0.451 e. The Morgan fingerprint density at radius 2 is 1.95 bits per heavy atom. The van der Waals surface area contributed by atoms with Crippen molar-refractivity contribution in [2.75, 3.05) is 13.2 Å². The Labute approximate surface area is 128 Å². The van der Waals surface area contributed by atoms with Crippen molar-refractivity contribution in [3.8, 4) is 0 Å². The third-order valence-electron chi connectivity index (χ3n) is 2.91. The van der Waals surface area contributed by atoms with Crippen LogP contribution in [0.15, 0.2) is 48.9 Å². The molecule has 6 heteroatoms. The van der Waals surface area contributed by atoms with Gasteiger partial charge in [-0.05, 0) is 18.4 Å². The van der Waals surface area contributed by atoms with Gasteiger partial charge in [0.2, 0.25) is 0 Å². The van der Waals surface area contributed by atoms with Crippen LogP contribution in [0.4, 0.5) is 0 Å². The average molecular weight is 299 g/mol. The zero-order valence-corrected chi connectivity index (χ0v) is 12.1. The lowest BCUT2D eigenvalue weighted by Gasteiger charge is -2.06. The first-order chi connectivity index (χ1) is 10.8. The first-order valence-corrected chi connectivity index (χ1v) is 6.99. The lowest BCUT2D eigenvalue weighted by molar-refractivity contribution is -0.124. The minimum atomic E-state index is -0.660. The van der Waals surface area contributed by atoms with Crippen molar-refractivity contribution >= 4 is 11.9 Å². The van der Waals surface area contributed by atoms with E-state index in [-0.39, 0.29) is 18.2 Å². The molecule has 0 saturated carbocycles. The van der Waals surface area contributed by atoms with E-state index in [0.717, 1.165) is 12.8 Å². The number of aromatic nitrogens is 2. The normalized spacial score (nSPS) is 10.0. The predicted molar refractivity (Wildman–Crippen MR) is 80.1 cm³/mol. The second-order valence-electron chi connectivity index (χ2n) is 4.61. The lowest BCUT2D eigenvalue weighted by Crippen LogP contribution is -2.30. The molecule has 2 aromatic rings. The summed E-state index contributed by atoms with van der Waals surface area (Å²) in [6.45, 7) is 0.219. The molecule has 0 bridgehead atoms. The summed E-state index contributed by atoms with van der Waals surface area (Å²) in [5, 5.41) is 2.71. The fourth-order valence-electron chi connectivity index (χ4n) is 1.83. The molecule has 1 heterocycles. The summed E-state index contributed by atoms with van der Waals surface area (Å²) in [6.07, 6.45) is 5.85. The Morgan fingerprint density at radius 3 is 2.68 bits per heavy atom. The fraction of sp³-hybridized carbons (Fsp3) is 0.250. The number of amides is 1. The van der Waals surface area contributed by atoms with Crippen LogP contribution in [0, 0.1) is 0 Å². The summed E-state index contributed by atoms with van der Waals surface area (Å²) >= 11 is 0. The maximum Gasteiger partial charge on any atom is 0.359 e. The number of esters is 1. The number of nitrogens with one attached hydrogen (secondary N) is 1.